The third-order valence-electron chi connectivity index (χ3n) is 6.81. The van der Waals surface area contributed by atoms with Crippen molar-refractivity contribution in [2.24, 2.45) is 0 Å². The van der Waals surface area contributed by atoms with Gasteiger partial charge in [-0.15, -0.1) is 0 Å². The number of benzene rings is 2. The zero-order valence-corrected chi connectivity index (χ0v) is 24.2. The minimum Gasteiger partial charge on any atom is -0.459 e. The molecule has 1 aliphatic rings. The highest BCUT2D eigenvalue weighted by atomic mass is 28.4. The smallest absolute Gasteiger partial charge is 0.338 e. The third kappa shape index (κ3) is 7.60. The van der Waals surface area contributed by atoms with Crippen LogP contribution in [0.3, 0.4) is 0 Å². The Kier molecular flexibility index (Phi) is 9.30. The number of ether oxygens (including phenoxy) is 4. The first-order valence-electron chi connectivity index (χ1n) is 12.7. The third-order valence-corrected chi connectivity index (χ3v) is 11.3. The molecule has 206 valence electrons. The number of hydrogen-bond donors (Lipinski definition) is 0. The van der Waals surface area contributed by atoms with Crippen LogP contribution in [0, 0.1) is 0 Å². The van der Waals surface area contributed by atoms with Crippen LogP contribution in [0.4, 0.5) is 0 Å². The summed E-state index contributed by atoms with van der Waals surface area (Å²) in [5.74, 6) is -2.69. The molecule has 3 atom stereocenters. The van der Waals surface area contributed by atoms with Gasteiger partial charge in [-0.3, -0.25) is 4.79 Å². The standard InChI is InChI=1S/C29H38O8Si/c1-28(2,3)38(6,7)37-23(19-34-27(32)21-16-12-9-13-17-21)25-24(35-29(4,5)36-25)22(30)18-33-26(31)20-14-10-8-11-15-20/h8-17,23-25H,18-19H2,1-7H3/t23-,24-,25+/m1/s1. The Balaban J connectivity index is 1.80. The summed E-state index contributed by atoms with van der Waals surface area (Å²) in [7, 11) is -2.40. The van der Waals surface area contributed by atoms with Gasteiger partial charge in [-0.25, -0.2) is 9.59 Å². The van der Waals surface area contributed by atoms with Crippen LogP contribution in [0.5, 0.6) is 0 Å². The van der Waals surface area contributed by atoms with Crippen LogP contribution >= 0.6 is 0 Å². The fraction of sp³-hybridized carbons (Fsp3) is 0.483. The molecule has 0 aliphatic carbocycles. The molecule has 0 amide bonds. The summed E-state index contributed by atoms with van der Waals surface area (Å²) in [4.78, 5) is 38.4. The topological polar surface area (TPSA) is 97.4 Å². The normalized spacial score (nSPS) is 20.0. The van der Waals surface area contributed by atoms with Crippen molar-refractivity contribution in [2.45, 2.75) is 76.8 Å². The zero-order valence-electron chi connectivity index (χ0n) is 23.2. The van der Waals surface area contributed by atoms with Crippen LogP contribution < -0.4 is 0 Å². The van der Waals surface area contributed by atoms with E-state index in [9.17, 15) is 14.4 Å². The number of Topliss-reactive ketones (excluding diaryl/α,β-unsaturated/α-hetero) is 1. The first kappa shape index (κ1) is 29.7. The van der Waals surface area contributed by atoms with Crippen LogP contribution in [0.15, 0.2) is 60.7 Å². The van der Waals surface area contributed by atoms with Gasteiger partial charge in [-0.1, -0.05) is 57.2 Å². The second kappa shape index (κ2) is 11.9. The van der Waals surface area contributed by atoms with Gasteiger partial charge in [0.15, 0.2) is 26.8 Å². The Morgan fingerprint density at radius 1 is 0.868 bits per heavy atom. The van der Waals surface area contributed by atoms with E-state index in [4.69, 9.17) is 23.4 Å². The molecule has 0 saturated carbocycles. The quantitative estimate of drug-likeness (QED) is 0.299. The molecule has 1 saturated heterocycles. The van der Waals surface area contributed by atoms with Crippen molar-refractivity contribution in [2.75, 3.05) is 13.2 Å². The predicted octanol–water partition coefficient (Wildman–Crippen LogP) is 5.18. The highest BCUT2D eigenvalue weighted by Gasteiger charge is 2.51. The lowest BCUT2D eigenvalue weighted by Gasteiger charge is -2.40. The fourth-order valence-electron chi connectivity index (χ4n) is 3.75. The number of carbonyl (C=O) groups excluding carboxylic acids is 3. The van der Waals surface area contributed by atoms with Gasteiger partial charge >= 0.3 is 11.9 Å². The second-order valence-electron chi connectivity index (χ2n) is 11.3. The van der Waals surface area contributed by atoms with Crippen LogP contribution in [-0.2, 0) is 28.2 Å². The van der Waals surface area contributed by atoms with E-state index in [1.54, 1.807) is 68.4 Å². The van der Waals surface area contributed by atoms with E-state index in [0.717, 1.165) is 0 Å². The first-order valence-corrected chi connectivity index (χ1v) is 15.6. The molecule has 0 spiro atoms. The Morgan fingerprint density at radius 3 is 1.87 bits per heavy atom. The van der Waals surface area contributed by atoms with Crippen LogP contribution in [-0.4, -0.2) is 63.4 Å². The number of carbonyl (C=O) groups is 3. The lowest BCUT2D eigenvalue weighted by Crippen LogP contribution is -2.52. The Bertz CT molecular complexity index is 1110. The summed E-state index contributed by atoms with van der Waals surface area (Å²) in [6, 6.07) is 17.1. The van der Waals surface area contributed by atoms with Crippen molar-refractivity contribution in [3.63, 3.8) is 0 Å². The lowest BCUT2D eigenvalue weighted by molar-refractivity contribution is -0.160. The van der Waals surface area contributed by atoms with Gasteiger partial charge in [-0.2, -0.15) is 0 Å². The van der Waals surface area contributed by atoms with Crippen LogP contribution in [0.25, 0.3) is 0 Å². The van der Waals surface area contributed by atoms with Crippen molar-refractivity contribution >= 4 is 26.0 Å². The molecule has 38 heavy (non-hydrogen) atoms. The fourth-order valence-corrected chi connectivity index (χ4v) is 5.07. The number of hydrogen-bond acceptors (Lipinski definition) is 8. The van der Waals surface area contributed by atoms with E-state index >= 15 is 0 Å². The minimum absolute atomic E-state index is 0.141. The van der Waals surface area contributed by atoms with Gasteiger partial charge < -0.3 is 23.4 Å². The summed E-state index contributed by atoms with van der Waals surface area (Å²) in [5, 5.41) is -0.158. The Labute approximate surface area is 225 Å². The molecule has 0 radical (unpaired) electrons. The molecule has 1 fully saturated rings. The first-order chi connectivity index (χ1) is 17.7. The maximum Gasteiger partial charge on any atom is 0.338 e. The molecule has 0 unspecified atom stereocenters. The molecule has 1 heterocycles. The van der Waals surface area contributed by atoms with Gasteiger partial charge in [0.2, 0.25) is 5.78 Å². The molecular formula is C29H38O8Si. The minimum atomic E-state index is -2.40. The number of esters is 2. The van der Waals surface area contributed by atoms with Gasteiger partial charge in [0.1, 0.15) is 18.8 Å². The lowest BCUT2D eigenvalue weighted by atomic mass is 10.1. The highest BCUT2D eigenvalue weighted by Crippen LogP contribution is 2.40. The Morgan fingerprint density at radius 2 is 1.37 bits per heavy atom. The summed E-state index contributed by atoms with van der Waals surface area (Å²) in [6.07, 6.45) is -2.76. The molecule has 0 aromatic heterocycles. The van der Waals surface area contributed by atoms with Crippen molar-refractivity contribution in [1.29, 1.82) is 0 Å². The monoisotopic (exact) mass is 542 g/mol. The SMILES string of the molecule is CC1(C)O[C@@H]([C@@H](COC(=O)c2ccccc2)O[Si](C)(C)C(C)(C)C)[C@@H](C(=O)COC(=O)c2ccccc2)O1. The van der Waals surface area contributed by atoms with Crippen LogP contribution in [0.2, 0.25) is 18.1 Å². The molecule has 0 N–H and O–H groups in total. The van der Waals surface area contributed by atoms with Crippen molar-refractivity contribution < 1.29 is 37.8 Å². The summed E-state index contributed by atoms with van der Waals surface area (Å²) in [5.41, 5.74) is 0.746. The molecule has 1 aliphatic heterocycles. The van der Waals surface area contributed by atoms with E-state index in [-0.39, 0.29) is 11.6 Å². The molecular weight excluding hydrogens is 504 g/mol. The molecule has 0 bridgehead atoms. The van der Waals surface area contributed by atoms with Gasteiger partial charge in [0, 0.05) is 0 Å². The summed E-state index contributed by atoms with van der Waals surface area (Å²) >= 11 is 0. The van der Waals surface area contributed by atoms with Gasteiger partial charge in [0.25, 0.3) is 0 Å². The number of rotatable bonds is 10. The van der Waals surface area contributed by atoms with Crippen LogP contribution in [0.1, 0.15) is 55.3 Å². The maximum atomic E-state index is 13.3. The molecule has 8 nitrogen and oxygen atoms in total. The average Bonchev–Trinajstić information content (AvgIpc) is 3.20. The van der Waals surface area contributed by atoms with Crippen molar-refractivity contribution in [3.8, 4) is 0 Å². The zero-order chi connectivity index (χ0) is 28.1. The Hall–Kier alpha value is -2.85. The van der Waals surface area contributed by atoms with E-state index in [2.05, 4.69) is 33.9 Å². The van der Waals surface area contributed by atoms with Gasteiger partial charge in [-0.05, 0) is 56.2 Å². The van der Waals surface area contributed by atoms with E-state index in [1.165, 1.54) is 0 Å². The molecule has 9 heteroatoms. The van der Waals surface area contributed by atoms with E-state index in [1.807, 2.05) is 6.07 Å². The molecule has 2 aromatic rings. The number of ketones is 1. The van der Waals surface area contributed by atoms with Gasteiger partial charge in [0.05, 0.1) is 11.1 Å². The average molecular weight is 543 g/mol. The summed E-state index contributed by atoms with van der Waals surface area (Å²) in [6.45, 7) is 13.2. The highest BCUT2D eigenvalue weighted by molar-refractivity contribution is 6.74. The van der Waals surface area contributed by atoms with E-state index < -0.39 is 56.7 Å². The van der Waals surface area contributed by atoms with Crippen molar-refractivity contribution in [3.05, 3.63) is 71.8 Å². The largest absolute Gasteiger partial charge is 0.459 e. The predicted molar refractivity (Wildman–Crippen MR) is 144 cm³/mol. The summed E-state index contributed by atoms with van der Waals surface area (Å²) < 4.78 is 29.7. The van der Waals surface area contributed by atoms with Crippen molar-refractivity contribution in [1.82, 2.24) is 0 Å². The maximum absolute atomic E-state index is 13.3. The molecule has 2 aromatic carbocycles. The van der Waals surface area contributed by atoms with E-state index in [0.29, 0.717) is 11.1 Å². The second-order valence-corrected chi connectivity index (χ2v) is 16.1. The molecule has 3 rings (SSSR count).